The first-order valence-electron chi connectivity index (χ1n) is 22.7. The van der Waals surface area contributed by atoms with Crippen LogP contribution < -0.4 is 42.3 Å². The van der Waals surface area contributed by atoms with Crippen molar-refractivity contribution in [2.45, 2.75) is 38.0 Å². The van der Waals surface area contributed by atoms with Gasteiger partial charge in [0.05, 0.1) is 0 Å². The lowest BCUT2D eigenvalue weighted by Gasteiger charge is -2.44. The second kappa shape index (κ2) is 21.9. The Hall–Kier alpha value is -7.35. The fourth-order valence-electron chi connectivity index (χ4n) is 9.79. The zero-order valence-electron chi connectivity index (χ0n) is 38.6. The third kappa shape index (κ3) is 9.24. The molecule has 1 aliphatic carbocycles. The molecule has 0 heterocycles. The van der Waals surface area contributed by atoms with Gasteiger partial charge in [0.1, 0.15) is 68.6 Å². The number of hydrogen-bond donors (Lipinski definition) is 0. The summed E-state index contributed by atoms with van der Waals surface area (Å²) >= 11 is 0. The third-order valence-electron chi connectivity index (χ3n) is 13.3. The Balaban J connectivity index is 0.000000215. The molecule has 0 atom stereocenters. The molecule has 8 aromatic carbocycles. The smallest absolute Gasteiger partial charge is 0.287 e. The van der Waals surface area contributed by atoms with Gasteiger partial charge >= 0.3 is 0 Å². The van der Waals surface area contributed by atoms with Gasteiger partial charge in [-0.1, -0.05) is 86.0 Å². The Morgan fingerprint density at radius 1 is 0.286 bits per heavy atom. The molecule has 77 heavy (non-hydrogen) atoms. The summed E-state index contributed by atoms with van der Waals surface area (Å²) in [6.07, 6.45) is -0.493. The van der Waals surface area contributed by atoms with E-state index in [4.69, 9.17) is 4.52 Å². The monoisotopic (exact) mass is 1120 g/mol. The average molecular weight is 1120 g/mol. The van der Waals surface area contributed by atoms with Crippen molar-refractivity contribution >= 4 is 51.4 Å². The quantitative estimate of drug-likeness (QED) is 0.0436. The Bertz CT molecular complexity index is 3050. The summed E-state index contributed by atoms with van der Waals surface area (Å²) in [5.41, 5.74) is -12.9. The molecule has 0 saturated heterocycles. The summed E-state index contributed by atoms with van der Waals surface area (Å²) in [6, 6.07) is 41.2. The van der Waals surface area contributed by atoms with Crippen LogP contribution in [0.4, 0.5) is 87.8 Å². The van der Waals surface area contributed by atoms with Gasteiger partial charge in [0, 0.05) is 0 Å². The number of benzene rings is 8. The van der Waals surface area contributed by atoms with Crippen LogP contribution in [0.1, 0.15) is 43.6 Å². The molecule has 0 aliphatic heterocycles. The van der Waals surface area contributed by atoms with E-state index in [-0.39, 0.29) is 0 Å². The summed E-state index contributed by atoms with van der Waals surface area (Å²) in [6.45, 7) is 0. The van der Waals surface area contributed by atoms with Gasteiger partial charge in [-0.2, -0.15) is 0 Å². The summed E-state index contributed by atoms with van der Waals surface area (Å²) in [7, 11) is -2.32. The number of hydrogen-bond acceptors (Lipinski definition) is 1. The van der Waals surface area contributed by atoms with Gasteiger partial charge in [-0.3, -0.25) is 0 Å². The van der Waals surface area contributed by atoms with E-state index in [1.807, 2.05) is 0 Å². The van der Waals surface area contributed by atoms with Gasteiger partial charge in [0.25, 0.3) is 7.49 Å². The van der Waals surface area contributed by atoms with Crippen LogP contribution in [-0.4, -0.2) is 6.15 Å². The molecule has 0 radical (unpaired) electrons. The Morgan fingerprint density at radius 3 is 0.766 bits per heavy atom. The van der Waals surface area contributed by atoms with Crippen LogP contribution in [0, 0.1) is 116 Å². The van der Waals surface area contributed by atoms with Crippen LogP contribution in [-0.2, 0) is 0 Å². The van der Waals surface area contributed by atoms with Gasteiger partial charge < -0.3 is 4.52 Å². The Kier molecular flexibility index (Phi) is 15.9. The molecule has 0 amide bonds. The van der Waals surface area contributed by atoms with Crippen molar-refractivity contribution in [2.75, 3.05) is 0 Å². The minimum atomic E-state index is -7.22. The molecule has 1 nitrogen and oxygen atoms in total. The third-order valence-corrected chi connectivity index (χ3v) is 16.8. The normalized spacial score (nSPS) is 13.1. The molecule has 1 fully saturated rings. The zero-order valence-corrected chi connectivity index (χ0v) is 39.5. The van der Waals surface area contributed by atoms with Crippen LogP contribution >= 0.6 is 7.49 Å². The van der Waals surface area contributed by atoms with E-state index in [1.165, 1.54) is 53.6 Å². The number of halogens is 20. The van der Waals surface area contributed by atoms with Crippen LogP contribution in [0.15, 0.2) is 115 Å². The largest absolute Gasteiger partial charge is 0.334 e. The molecule has 0 N–H and O–H groups in total. The van der Waals surface area contributed by atoms with Crippen molar-refractivity contribution in [1.82, 2.24) is 0 Å². The summed E-state index contributed by atoms with van der Waals surface area (Å²) in [4.78, 5) is 0. The molecule has 23 heteroatoms. The summed E-state index contributed by atoms with van der Waals surface area (Å²) < 4.78 is 301. The van der Waals surface area contributed by atoms with E-state index >= 15 is 35.1 Å². The molecule has 0 spiro atoms. The van der Waals surface area contributed by atoms with E-state index in [0.717, 1.165) is 5.75 Å². The van der Waals surface area contributed by atoms with E-state index in [1.54, 1.807) is 0 Å². The molecule has 0 bridgehead atoms. The average Bonchev–Trinajstić information content (AvgIpc) is 3.59. The molecule has 0 unspecified atom stereocenters. The SMILES string of the molecule is Fc1c(F)c(F)c([B-](c2c(F)c(F)c(F)c(F)c2F)(c2c(F)c(F)c(F)c(F)c2F)c2c(F)c(F)c(F)c(F)c2F)c(F)c1F.c1ccc([P+](Oc2ccc(C3CCCCC3)cc2)(c2ccccc2)c2ccccc2)cc1. The van der Waals surface area contributed by atoms with E-state index in [0.29, 0.717) is 5.92 Å². The van der Waals surface area contributed by atoms with Gasteiger partial charge in [-0.05, 0) is 72.9 Å². The van der Waals surface area contributed by atoms with Crippen LogP contribution in [0.5, 0.6) is 5.75 Å². The lowest BCUT2D eigenvalue weighted by atomic mass is 9.12. The maximum atomic E-state index is 15.4. The molecule has 0 aromatic heterocycles. The van der Waals surface area contributed by atoms with Crippen molar-refractivity contribution in [3.05, 3.63) is 237 Å². The maximum Gasteiger partial charge on any atom is 0.287 e. The second-order valence-electron chi connectivity index (χ2n) is 17.4. The highest BCUT2D eigenvalue weighted by molar-refractivity contribution is 7.92. The molecule has 400 valence electrons. The van der Waals surface area contributed by atoms with E-state index in [2.05, 4.69) is 115 Å². The van der Waals surface area contributed by atoms with Crippen molar-refractivity contribution in [2.24, 2.45) is 0 Å². The lowest BCUT2D eigenvalue weighted by molar-refractivity contribution is 0.378. The second-order valence-corrected chi connectivity index (χ2v) is 20.4. The zero-order chi connectivity index (χ0) is 56.0. The first-order valence-corrected chi connectivity index (χ1v) is 24.4. The predicted molar refractivity (Wildman–Crippen MR) is 247 cm³/mol. The summed E-state index contributed by atoms with van der Waals surface area (Å²) in [5.74, 6) is -69.8. The van der Waals surface area contributed by atoms with Crippen LogP contribution in [0.2, 0.25) is 0 Å². The minimum absolute atomic E-state index is 0.703. The first-order chi connectivity index (χ1) is 36.6. The maximum absolute atomic E-state index is 15.4. The van der Waals surface area contributed by atoms with Crippen molar-refractivity contribution < 1.29 is 92.3 Å². The van der Waals surface area contributed by atoms with Crippen LogP contribution in [0.3, 0.4) is 0 Å². The molecular weight excluding hydrogens is 1090 g/mol. The standard InChI is InChI=1S/C30H30OP.C24BF20/c1-5-13-25(14-6-1)26-21-23-27(24-22-26)31-32(28-15-7-2-8-16-28,29-17-9-3-10-18-29)30-19-11-4-12-20-30;26-5-1(6(27)14(35)21(42)13(5)34)25(2-7(28)15(36)22(43)16(37)8(2)29,3-9(30)17(38)23(44)18(39)10(3)31)4-11(32)19(40)24(45)20(41)12(4)33/h2-4,7-12,15-25H,1,5-6,13-14H2;/q+1;-1. The highest BCUT2D eigenvalue weighted by atomic mass is 31.2. The lowest BCUT2D eigenvalue weighted by Crippen LogP contribution is -2.81. The molecule has 1 saturated carbocycles. The minimum Gasteiger partial charge on any atom is -0.334 e. The molecule has 8 aromatic rings. The first kappa shape index (κ1) is 55.9. The predicted octanol–water partition coefficient (Wildman–Crippen LogP) is 12.9. The fraction of sp³-hybridized carbons (Fsp3) is 0.111. The molecule has 1 aliphatic rings. The van der Waals surface area contributed by atoms with Crippen molar-refractivity contribution in [3.63, 3.8) is 0 Å². The molecule has 9 rings (SSSR count). The van der Waals surface area contributed by atoms with Crippen LogP contribution in [0.25, 0.3) is 0 Å². The Labute approximate surface area is 423 Å². The highest BCUT2D eigenvalue weighted by Crippen LogP contribution is 2.56. The van der Waals surface area contributed by atoms with Gasteiger partial charge in [-0.25, -0.2) is 87.8 Å². The van der Waals surface area contributed by atoms with Gasteiger partial charge in [0.15, 0.2) is 75.6 Å². The topological polar surface area (TPSA) is 9.23 Å². The van der Waals surface area contributed by atoms with Crippen molar-refractivity contribution in [3.8, 4) is 5.75 Å². The van der Waals surface area contributed by atoms with E-state index in [9.17, 15) is 52.7 Å². The van der Waals surface area contributed by atoms with Crippen molar-refractivity contribution in [1.29, 1.82) is 0 Å². The van der Waals surface area contributed by atoms with Gasteiger partial charge in [0.2, 0.25) is 0 Å². The fourth-order valence-corrected chi connectivity index (χ4v) is 13.2. The Morgan fingerprint density at radius 2 is 0.519 bits per heavy atom. The van der Waals surface area contributed by atoms with E-state index < -0.39 is 152 Å². The van der Waals surface area contributed by atoms with Gasteiger partial charge in [-0.15, -0.1) is 21.9 Å². The molecular formula is C54H30BF20OP. The highest BCUT2D eigenvalue weighted by Gasteiger charge is 2.53. The summed E-state index contributed by atoms with van der Waals surface area (Å²) in [5, 5.41) is 3.69. The number of rotatable bonds is 10.